The molecule has 3 aromatic carbocycles. The highest BCUT2D eigenvalue weighted by Crippen LogP contribution is 2.29. The van der Waals surface area contributed by atoms with E-state index in [2.05, 4.69) is 39.5 Å². The molecule has 2 atom stereocenters. The third-order valence-electron chi connectivity index (χ3n) is 8.41. The first-order chi connectivity index (χ1) is 21.5. The van der Waals surface area contributed by atoms with Crippen LogP contribution in [0.5, 0.6) is 0 Å². The number of hydrogen-bond donors (Lipinski definition) is 2. The van der Waals surface area contributed by atoms with Gasteiger partial charge in [0.25, 0.3) is 17.4 Å². The lowest BCUT2D eigenvalue weighted by molar-refractivity contribution is 0.0653. The Morgan fingerprint density at radius 3 is 2.42 bits per heavy atom. The molecule has 2 aromatic heterocycles. The molecule has 0 radical (unpaired) electrons. The van der Waals surface area contributed by atoms with Gasteiger partial charge in [-0.3, -0.25) is 14.4 Å². The fourth-order valence-corrected chi connectivity index (χ4v) is 6.11. The average molecular weight is 644 g/mol. The lowest BCUT2D eigenvalue weighted by atomic mass is 9.98. The lowest BCUT2D eigenvalue weighted by Crippen LogP contribution is -2.46. The quantitative estimate of drug-likeness (QED) is 0.231. The normalized spacial score (nSPS) is 15.1. The first-order valence-electron chi connectivity index (χ1n) is 14.6. The highest BCUT2D eigenvalue weighted by molar-refractivity contribution is 6.42. The third-order valence-corrected chi connectivity index (χ3v) is 9.15. The maximum Gasteiger partial charge on any atom is 0.263 e. The molecule has 9 nitrogen and oxygen atoms in total. The number of rotatable bonds is 6. The van der Waals surface area contributed by atoms with Crippen molar-refractivity contribution >= 4 is 51.9 Å². The number of carbonyl (C=O) groups excluding carboxylic acids is 2. The standard InChI is InChI=1S/C34H32Cl2N6O3/c1-19-15-26-29(18-41(19)32(44)24-7-11-27(35)28(36)17-24)39-34(38-20(2)22-8-12-30-23(16-22)13-14-40(30)4)42(33(26)45)25-9-5-21(6-10-25)31(43)37-3/h5-14,16-17,19-20H,15,18H2,1-4H3,(H,37,43)(H,38,39)/t19-,20+/m1/s1. The Morgan fingerprint density at radius 2 is 1.71 bits per heavy atom. The van der Waals surface area contributed by atoms with Crippen molar-refractivity contribution in [1.82, 2.24) is 24.3 Å². The molecule has 0 spiro atoms. The van der Waals surface area contributed by atoms with Crippen molar-refractivity contribution < 1.29 is 9.59 Å². The highest BCUT2D eigenvalue weighted by Gasteiger charge is 2.32. The van der Waals surface area contributed by atoms with Crippen molar-refractivity contribution in [2.75, 3.05) is 12.4 Å². The van der Waals surface area contributed by atoms with E-state index in [1.165, 1.54) is 0 Å². The largest absolute Gasteiger partial charge is 0.355 e. The zero-order valence-electron chi connectivity index (χ0n) is 25.3. The van der Waals surface area contributed by atoms with Crippen molar-refractivity contribution in [3.05, 3.63) is 121 Å². The first kappa shape index (κ1) is 30.4. The van der Waals surface area contributed by atoms with Gasteiger partial charge in [0.15, 0.2) is 0 Å². The topological polar surface area (TPSA) is 101 Å². The molecule has 5 aromatic rings. The van der Waals surface area contributed by atoms with Crippen LogP contribution in [0.2, 0.25) is 10.0 Å². The highest BCUT2D eigenvalue weighted by atomic mass is 35.5. The van der Waals surface area contributed by atoms with Crippen molar-refractivity contribution in [2.45, 2.75) is 38.9 Å². The molecule has 0 saturated carbocycles. The lowest BCUT2D eigenvalue weighted by Gasteiger charge is -2.35. The summed E-state index contributed by atoms with van der Waals surface area (Å²) in [5.74, 6) is -0.105. The van der Waals surface area contributed by atoms with Crippen LogP contribution in [-0.4, -0.2) is 43.9 Å². The predicted octanol–water partition coefficient (Wildman–Crippen LogP) is 6.15. The molecule has 2 amide bonds. The summed E-state index contributed by atoms with van der Waals surface area (Å²) in [4.78, 5) is 46.7. The minimum absolute atomic E-state index is 0.153. The molecular weight excluding hydrogens is 611 g/mol. The van der Waals surface area contributed by atoms with Crippen LogP contribution in [0.25, 0.3) is 16.6 Å². The van der Waals surface area contributed by atoms with Crippen LogP contribution in [0.3, 0.4) is 0 Å². The van der Waals surface area contributed by atoms with E-state index in [1.807, 2.05) is 27.1 Å². The van der Waals surface area contributed by atoms with Gasteiger partial charge in [-0.15, -0.1) is 0 Å². The number of benzene rings is 3. The Balaban J connectivity index is 1.41. The number of hydrogen-bond acceptors (Lipinski definition) is 5. The SMILES string of the molecule is CNC(=O)c1ccc(-n2c(N[C@@H](C)c3ccc4c(ccn4C)c3)nc3c(c2=O)C[C@@H](C)N(C(=O)c2ccc(Cl)c(Cl)c2)C3)cc1. The number of nitrogens with zero attached hydrogens (tertiary/aromatic N) is 4. The molecule has 3 heterocycles. The number of halogens is 2. The zero-order valence-corrected chi connectivity index (χ0v) is 26.8. The summed E-state index contributed by atoms with van der Waals surface area (Å²) in [5.41, 5.74) is 4.43. The number of fused-ring (bicyclic) bond motifs is 2. The minimum Gasteiger partial charge on any atom is -0.355 e. The van der Waals surface area contributed by atoms with Crippen molar-refractivity contribution in [3.63, 3.8) is 0 Å². The Bertz CT molecular complexity index is 2020. The Hall–Kier alpha value is -4.60. The predicted molar refractivity (Wildman–Crippen MR) is 178 cm³/mol. The number of anilines is 1. The van der Waals surface area contributed by atoms with Gasteiger partial charge < -0.3 is 20.1 Å². The summed E-state index contributed by atoms with van der Waals surface area (Å²) in [5, 5.41) is 7.86. The Labute approximate surface area is 270 Å². The van der Waals surface area contributed by atoms with E-state index >= 15 is 0 Å². The molecule has 11 heteroatoms. The van der Waals surface area contributed by atoms with E-state index in [0.717, 1.165) is 16.5 Å². The Morgan fingerprint density at radius 1 is 0.978 bits per heavy atom. The van der Waals surface area contributed by atoms with Gasteiger partial charge in [-0.05, 0) is 91.9 Å². The monoisotopic (exact) mass is 642 g/mol. The zero-order chi connectivity index (χ0) is 32.0. The van der Waals surface area contributed by atoms with Crippen LogP contribution in [-0.2, 0) is 20.0 Å². The molecule has 1 aliphatic rings. The molecule has 0 saturated heterocycles. The van der Waals surface area contributed by atoms with Gasteiger partial charge in [0.05, 0.1) is 34.0 Å². The van der Waals surface area contributed by atoms with Gasteiger partial charge in [-0.1, -0.05) is 29.3 Å². The maximum absolute atomic E-state index is 14.2. The van der Waals surface area contributed by atoms with Gasteiger partial charge in [0.1, 0.15) is 0 Å². The fraction of sp³-hybridized carbons (Fsp3) is 0.235. The van der Waals surface area contributed by atoms with Crippen LogP contribution in [0.4, 0.5) is 5.95 Å². The fourth-order valence-electron chi connectivity index (χ4n) is 5.81. The number of nitrogens with one attached hydrogen (secondary N) is 2. The number of carbonyl (C=O) groups is 2. The van der Waals surface area contributed by atoms with Gasteiger partial charge >= 0.3 is 0 Å². The molecule has 6 rings (SSSR count). The number of aryl methyl sites for hydroxylation is 1. The van der Waals surface area contributed by atoms with Gasteiger partial charge in [-0.25, -0.2) is 9.55 Å². The van der Waals surface area contributed by atoms with E-state index in [4.69, 9.17) is 28.2 Å². The third kappa shape index (κ3) is 5.69. The van der Waals surface area contributed by atoms with Crippen molar-refractivity contribution in [1.29, 1.82) is 0 Å². The molecule has 0 bridgehead atoms. The van der Waals surface area contributed by atoms with Crippen molar-refractivity contribution in [3.8, 4) is 5.69 Å². The van der Waals surface area contributed by atoms with Gasteiger partial charge in [0.2, 0.25) is 5.95 Å². The van der Waals surface area contributed by atoms with E-state index in [1.54, 1.807) is 59.0 Å². The van der Waals surface area contributed by atoms with Gasteiger partial charge in [0, 0.05) is 48.5 Å². The molecule has 0 aliphatic carbocycles. The molecule has 2 N–H and O–H groups in total. The molecule has 1 aliphatic heterocycles. The first-order valence-corrected chi connectivity index (χ1v) is 15.4. The molecule has 45 heavy (non-hydrogen) atoms. The number of aromatic nitrogens is 3. The molecule has 0 unspecified atom stereocenters. The van der Waals surface area contributed by atoms with Crippen LogP contribution < -0.4 is 16.2 Å². The molecular formula is C34H32Cl2N6O3. The summed E-state index contributed by atoms with van der Waals surface area (Å²) >= 11 is 12.3. The van der Waals surface area contributed by atoms with Crippen LogP contribution in [0.1, 0.15) is 57.4 Å². The maximum atomic E-state index is 14.2. The van der Waals surface area contributed by atoms with Crippen LogP contribution in [0.15, 0.2) is 77.7 Å². The summed E-state index contributed by atoms with van der Waals surface area (Å²) in [6.45, 7) is 4.07. The van der Waals surface area contributed by atoms with E-state index < -0.39 is 0 Å². The summed E-state index contributed by atoms with van der Waals surface area (Å²) < 4.78 is 3.61. The summed E-state index contributed by atoms with van der Waals surface area (Å²) in [7, 11) is 3.58. The summed E-state index contributed by atoms with van der Waals surface area (Å²) in [6.07, 6.45) is 2.34. The van der Waals surface area contributed by atoms with E-state index in [-0.39, 0.29) is 36.0 Å². The van der Waals surface area contributed by atoms with E-state index in [0.29, 0.717) is 50.5 Å². The average Bonchev–Trinajstić information content (AvgIpc) is 3.41. The molecule has 230 valence electrons. The van der Waals surface area contributed by atoms with Crippen LogP contribution in [0, 0.1) is 0 Å². The minimum atomic E-state index is -0.270. The smallest absolute Gasteiger partial charge is 0.263 e. The van der Waals surface area contributed by atoms with Crippen molar-refractivity contribution in [2.24, 2.45) is 7.05 Å². The number of amides is 2. The molecule has 0 fully saturated rings. The summed E-state index contributed by atoms with van der Waals surface area (Å²) in [6, 6.07) is 19.4. The Kier molecular flexibility index (Phi) is 8.16. The van der Waals surface area contributed by atoms with Gasteiger partial charge in [-0.2, -0.15) is 0 Å². The second-order valence-electron chi connectivity index (χ2n) is 11.4. The second kappa shape index (κ2) is 12.1. The second-order valence-corrected chi connectivity index (χ2v) is 12.2. The van der Waals surface area contributed by atoms with E-state index in [9.17, 15) is 14.4 Å². The van der Waals surface area contributed by atoms with Crippen LogP contribution >= 0.6 is 23.2 Å².